The van der Waals surface area contributed by atoms with Gasteiger partial charge in [-0.15, -0.1) is 0 Å². The third kappa shape index (κ3) is 5.09. The fraction of sp³-hybridized carbons (Fsp3) is 0.421. The third-order valence-corrected chi connectivity index (χ3v) is 5.03. The third-order valence-electron chi connectivity index (χ3n) is 3.92. The summed E-state index contributed by atoms with van der Waals surface area (Å²) in [5.41, 5.74) is 0.314. The number of hydrogen-bond donors (Lipinski definition) is 1. The number of ether oxygens (including phenoxy) is 1. The van der Waals surface area contributed by atoms with Crippen molar-refractivity contribution >= 4 is 39.3 Å². The number of fused-ring (bicyclic) bond motifs is 1. The zero-order valence-corrected chi connectivity index (χ0v) is 15.6. The van der Waals surface area contributed by atoms with E-state index in [4.69, 9.17) is 9.84 Å². The molecule has 0 aliphatic carbocycles. The summed E-state index contributed by atoms with van der Waals surface area (Å²) in [5.74, 6) is -0.0139. The molecular formula is C19H23IO3. The number of hydrogen-bond acceptors (Lipinski definition) is 2. The minimum Gasteiger partial charge on any atom is -0.492 e. The van der Waals surface area contributed by atoms with E-state index in [1.54, 1.807) is 12.1 Å². The molecule has 4 heteroatoms. The number of halogens is 1. The summed E-state index contributed by atoms with van der Waals surface area (Å²) in [6, 6.07) is 9.08. The van der Waals surface area contributed by atoms with Crippen LogP contribution in [0.1, 0.15) is 55.8 Å². The number of aromatic carboxylic acids is 1. The molecule has 0 saturated heterocycles. The van der Waals surface area contributed by atoms with E-state index in [2.05, 4.69) is 29.5 Å². The van der Waals surface area contributed by atoms with Crippen LogP contribution in [0.5, 0.6) is 5.75 Å². The molecule has 0 spiro atoms. The van der Waals surface area contributed by atoms with Crippen LogP contribution >= 0.6 is 22.6 Å². The van der Waals surface area contributed by atoms with Gasteiger partial charge in [-0.05, 0) is 58.0 Å². The van der Waals surface area contributed by atoms with Gasteiger partial charge in [0.15, 0.2) is 0 Å². The quantitative estimate of drug-likeness (QED) is 0.402. The summed E-state index contributed by atoms with van der Waals surface area (Å²) >= 11 is 2.27. The van der Waals surface area contributed by atoms with Gasteiger partial charge in [0.05, 0.1) is 15.7 Å². The molecule has 2 aromatic carbocycles. The average molecular weight is 426 g/mol. The van der Waals surface area contributed by atoms with E-state index in [0.29, 0.717) is 5.56 Å². The predicted molar refractivity (Wildman–Crippen MR) is 102 cm³/mol. The number of carboxylic acids is 1. The van der Waals surface area contributed by atoms with Gasteiger partial charge in [0.1, 0.15) is 5.75 Å². The highest BCUT2D eigenvalue weighted by atomic mass is 127. The number of benzene rings is 2. The maximum atomic E-state index is 11.0. The van der Waals surface area contributed by atoms with Crippen LogP contribution in [0, 0.1) is 3.57 Å². The molecule has 0 aromatic heterocycles. The Kier molecular flexibility index (Phi) is 7.15. The molecule has 0 unspecified atom stereocenters. The van der Waals surface area contributed by atoms with Gasteiger partial charge in [0.2, 0.25) is 0 Å². The van der Waals surface area contributed by atoms with E-state index in [1.165, 1.54) is 32.1 Å². The molecule has 1 N–H and O–H groups in total. The zero-order valence-electron chi connectivity index (χ0n) is 13.5. The summed E-state index contributed by atoms with van der Waals surface area (Å²) in [6.07, 6.45) is 7.49. The maximum absolute atomic E-state index is 11.0. The molecule has 0 saturated carbocycles. The Labute approximate surface area is 151 Å². The Morgan fingerprint density at radius 1 is 1.09 bits per heavy atom. The molecule has 0 aliphatic rings. The predicted octanol–water partition coefficient (Wildman–Crippen LogP) is 5.88. The SMILES string of the molecule is CCCCCCCCOc1ccc2cc(C(=O)O)ccc2c1I. The molecule has 0 fully saturated rings. The molecule has 124 valence electrons. The van der Waals surface area contributed by atoms with Crippen molar-refractivity contribution in [2.75, 3.05) is 6.61 Å². The monoisotopic (exact) mass is 426 g/mol. The molecule has 0 amide bonds. The van der Waals surface area contributed by atoms with Crippen LogP contribution in [0.4, 0.5) is 0 Å². The van der Waals surface area contributed by atoms with Crippen molar-refractivity contribution in [1.82, 2.24) is 0 Å². The van der Waals surface area contributed by atoms with Crippen LogP contribution in [-0.2, 0) is 0 Å². The van der Waals surface area contributed by atoms with E-state index in [1.807, 2.05) is 18.2 Å². The largest absolute Gasteiger partial charge is 0.492 e. The molecular weight excluding hydrogens is 403 g/mol. The molecule has 0 radical (unpaired) electrons. The number of rotatable bonds is 9. The highest BCUT2D eigenvalue weighted by Crippen LogP contribution is 2.30. The highest BCUT2D eigenvalue weighted by molar-refractivity contribution is 14.1. The van der Waals surface area contributed by atoms with Crippen LogP contribution in [0.25, 0.3) is 10.8 Å². The topological polar surface area (TPSA) is 46.5 Å². The standard InChI is InChI=1S/C19H23IO3/c1-2-3-4-5-6-7-12-23-17-11-9-14-13-15(19(21)22)8-10-16(14)18(17)20/h8-11,13H,2-7,12H2,1H3,(H,21,22). The van der Waals surface area contributed by atoms with Crippen LogP contribution in [0.2, 0.25) is 0 Å². The van der Waals surface area contributed by atoms with Crippen LogP contribution in [0.15, 0.2) is 30.3 Å². The van der Waals surface area contributed by atoms with Crippen molar-refractivity contribution in [2.24, 2.45) is 0 Å². The first-order valence-electron chi connectivity index (χ1n) is 8.22. The summed E-state index contributed by atoms with van der Waals surface area (Å²) in [7, 11) is 0. The van der Waals surface area contributed by atoms with Crippen molar-refractivity contribution in [1.29, 1.82) is 0 Å². The number of carbonyl (C=O) groups is 1. The van der Waals surface area contributed by atoms with Gasteiger partial charge < -0.3 is 9.84 Å². The molecule has 2 rings (SSSR count). The molecule has 3 nitrogen and oxygen atoms in total. The summed E-state index contributed by atoms with van der Waals surface area (Å²) < 4.78 is 6.95. The van der Waals surface area contributed by atoms with E-state index < -0.39 is 5.97 Å². The fourth-order valence-corrected chi connectivity index (χ4v) is 3.41. The number of unbranched alkanes of at least 4 members (excludes halogenated alkanes) is 5. The summed E-state index contributed by atoms with van der Waals surface area (Å²) in [5, 5.41) is 11.0. The Balaban J connectivity index is 1.95. The van der Waals surface area contributed by atoms with Gasteiger partial charge in [-0.1, -0.05) is 51.2 Å². The van der Waals surface area contributed by atoms with Gasteiger partial charge in [0, 0.05) is 0 Å². The van der Waals surface area contributed by atoms with Crippen LogP contribution < -0.4 is 4.74 Å². The van der Waals surface area contributed by atoms with Gasteiger partial charge in [-0.25, -0.2) is 4.79 Å². The minimum absolute atomic E-state index is 0.314. The first-order chi connectivity index (χ1) is 11.1. The lowest BCUT2D eigenvalue weighted by molar-refractivity contribution is 0.0697. The Morgan fingerprint density at radius 3 is 2.57 bits per heavy atom. The van der Waals surface area contributed by atoms with Gasteiger partial charge in [0.25, 0.3) is 0 Å². The van der Waals surface area contributed by atoms with Crippen molar-refractivity contribution in [3.8, 4) is 5.75 Å². The lowest BCUT2D eigenvalue weighted by Crippen LogP contribution is -2.00. The summed E-state index contributed by atoms with van der Waals surface area (Å²) in [4.78, 5) is 11.0. The lowest BCUT2D eigenvalue weighted by atomic mass is 10.1. The average Bonchev–Trinajstić information content (AvgIpc) is 2.55. The molecule has 0 aliphatic heterocycles. The van der Waals surface area contributed by atoms with Crippen molar-refractivity contribution in [3.63, 3.8) is 0 Å². The fourth-order valence-electron chi connectivity index (χ4n) is 2.58. The normalized spacial score (nSPS) is 10.9. The van der Waals surface area contributed by atoms with E-state index in [9.17, 15) is 4.79 Å². The van der Waals surface area contributed by atoms with Gasteiger partial charge in [-0.2, -0.15) is 0 Å². The highest BCUT2D eigenvalue weighted by Gasteiger charge is 2.09. The Morgan fingerprint density at radius 2 is 1.83 bits per heavy atom. The van der Waals surface area contributed by atoms with E-state index >= 15 is 0 Å². The molecule has 0 bridgehead atoms. The zero-order chi connectivity index (χ0) is 16.7. The van der Waals surface area contributed by atoms with Crippen molar-refractivity contribution in [2.45, 2.75) is 45.4 Å². The van der Waals surface area contributed by atoms with Crippen molar-refractivity contribution in [3.05, 3.63) is 39.5 Å². The summed E-state index contributed by atoms with van der Waals surface area (Å²) in [6.45, 7) is 2.96. The van der Waals surface area contributed by atoms with Gasteiger partial charge in [-0.3, -0.25) is 0 Å². The van der Waals surface area contributed by atoms with Gasteiger partial charge >= 0.3 is 5.97 Å². The van der Waals surface area contributed by atoms with E-state index in [0.717, 1.165) is 33.1 Å². The molecule has 23 heavy (non-hydrogen) atoms. The second-order valence-corrected chi connectivity index (χ2v) is 6.81. The Hall–Kier alpha value is -1.30. The molecule has 2 aromatic rings. The minimum atomic E-state index is -0.898. The lowest BCUT2D eigenvalue weighted by Gasteiger charge is -2.11. The van der Waals surface area contributed by atoms with E-state index in [-0.39, 0.29) is 0 Å². The van der Waals surface area contributed by atoms with Crippen LogP contribution in [0.3, 0.4) is 0 Å². The number of carboxylic acid groups (broad SMARTS) is 1. The molecule has 0 atom stereocenters. The maximum Gasteiger partial charge on any atom is 0.335 e. The smallest absolute Gasteiger partial charge is 0.335 e. The second-order valence-electron chi connectivity index (χ2n) is 5.73. The second kappa shape index (κ2) is 9.11. The first kappa shape index (κ1) is 18.0. The first-order valence-corrected chi connectivity index (χ1v) is 9.29. The Bertz CT molecular complexity index is 667. The molecule has 0 heterocycles. The van der Waals surface area contributed by atoms with Crippen LogP contribution in [-0.4, -0.2) is 17.7 Å². The van der Waals surface area contributed by atoms with Crippen molar-refractivity contribution < 1.29 is 14.6 Å².